The highest BCUT2D eigenvalue weighted by molar-refractivity contribution is 8.14. The summed E-state index contributed by atoms with van der Waals surface area (Å²) in [6.07, 6.45) is 2.19. The van der Waals surface area contributed by atoms with Crippen LogP contribution in [0.4, 0.5) is 5.69 Å². The Kier molecular flexibility index (Phi) is 7.46. The van der Waals surface area contributed by atoms with Crippen molar-refractivity contribution in [3.8, 4) is 0 Å². The number of amidine groups is 2. The summed E-state index contributed by atoms with van der Waals surface area (Å²) in [5, 5.41) is 6.03. The van der Waals surface area contributed by atoms with Crippen molar-refractivity contribution in [2.24, 2.45) is 9.98 Å². The lowest BCUT2D eigenvalue weighted by molar-refractivity contribution is -0.128. The van der Waals surface area contributed by atoms with Crippen LogP contribution < -0.4 is 10.6 Å². The summed E-state index contributed by atoms with van der Waals surface area (Å²) in [4.78, 5) is 49.0. The van der Waals surface area contributed by atoms with Gasteiger partial charge in [-0.3, -0.25) is 19.4 Å². The summed E-state index contributed by atoms with van der Waals surface area (Å²) >= 11 is 1.15. The molecule has 3 heterocycles. The molecule has 3 aromatic rings. The van der Waals surface area contributed by atoms with Gasteiger partial charge in [0.1, 0.15) is 17.6 Å². The highest BCUT2D eigenvalue weighted by Gasteiger charge is 2.42. The molecule has 5 rings (SSSR count). The van der Waals surface area contributed by atoms with E-state index in [-0.39, 0.29) is 36.4 Å². The maximum atomic E-state index is 13.3. The Morgan fingerprint density at radius 3 is 2.59 bits per heavy atom. The first-order chi connectivity index (χ1) is 18.1. The van der Waals surface area contributed by atoms with Gasteiger partial charge in [0.15, 0.2) is 5.17 Å². The van der Waals surface area contributed by atoms with Crippen LogP contribution in [0.3, 0.4) is 0 Å². The van der Waals surface area contributed by atoms with E-state index in [4.69, 9.17) is 4.42 Å². The smallest absolute Gasteiger partial charge is 0.259 e. The molecule has 0 spiro atoms. The third kappa shape index (κ3) is 5.80. The van der Waals surface area contributed by atoms with Gasteiger partial charge >= 0.3 is 0 Å². The molecule has 10 heteroatoms. The Bertz CT molecular complexity index is 1350. The van der Waals surface area contributed by atoms with Gasteiger partial charge in [0.05, 0.1) is 30.7 Å². The van der Waals surface area contributed by atoms with Crippen LogP contribution in [0, 0.1) is 0 Å². The molecule has 0 saturated heterocycles. The molecule has 2 aliphatic rings. The summed E-state index contributed by atoms with van der Waals surface area (Å²) < 4.78 is 5.23. The molecule has 9 nitrogen and oxygen atoms in total. The van der Waals surface area contributed by atoms with Crippen LogP contribution in [-0.4, -0.2) is 52.0 Å². The second-order valence-corrected chi connectivity index (χ2v) is 9.43. The van der Waals surface area contributed by atoms with E-state index in [0.717, 1.165) is 22.9 Å². The van der Waals surface area contributed by atoms with Gasteiger partial charge in [-0.15, -0.1) is 0 Å². The van der Waals surface area contributed by atoms with Gasteiger partial charge in [-0.2, -0.15) is 0 Å². The normalized spacial score (nSPS) is 15.9. The lowest BCUT2D eigenvalue weighted by Gasteiger charge is -2.25. The number of furan rings is 1. The molecule has 0 bridgehead atoms. The van der Waals surface area contributed by atoms with Gasteiger partial charge in [0, 0.05) is 12.1 Å². The molecular formula is C27H25N5O4S. The molecular weight excluding hydrogens is 490 g/mol. The average molecular weight is 516 g/mol. The van der Waals surface area contributed by atoms with Crippen molar-refractivity contribution in [1.82, 2.24) is 15.5 Å². The number of para-hydroxylation sites is 1. The van der Waals surface area contributed by atoms with Crippen molar-refractivity contribution in [2.45, 2.75) is 25.4 Å². The molecule has 0 radical (unpaired) electrons. The quantitative estimate of drug-likeness (QED) is 0.454. The van der Waals surface area contributed by atoms with E-state index < -0.39 is 6.04 Å². The van der Waals surface area contributed by atoms with E-state index in [1.54, 1.807) is 18.4 Å². The van der Waals surface area contributed by atoms with Crippen LogP contribution >= 0.6 is 11.8 Å². The molecule has 1 atom stereocenters. The number of amides is 3. The Labute approximate surface area is 218 Å². The summed E-state index contributed by atoms with van der Waals surface area (Å²) in [7, 11) is 0. The number of nitrogens with one attached hydrogen (secondary N) is 2. The zero-order valence-electron chi connectivity index (χ0n) is 19.9. The fourth-order valence-corrected chi connectivity index (χ4v) is 4.88. The van der Waals surface area contributed by atoms with Gasteiger partial charge in [0.2, 0.25) is 11.8 Å². The summed E-state index contributed by atoms with van der Waals surface area (Å²) in [5.41, 5.74) is 2.51. The number of hydrogen-bond donors (Lipinski definition) is 2. The van der Waals surface area contributed by atoms with E-state index in [2.05, 4.69) is 20.6 Å². The first kappa shape index (κ1) is 24.5. The maximum absolute atomic E-state index is 13.3. The molecule has 0 saturated carbocycles. The standard InChI is InChI=1S/C27H25N5O4S/c33-23(28-13-12-18-7-2-1-3-8-18)15-22-26(35)32-25(30-22)20-10-4-5-11-21(20)31-27(32)37-17-24(34)29-16-19-9-6-14-36-19/h1-11,14,22H,12-13,15-17H2,(H,28,33)(H,29,34). The SMILES string of the molecule is O=C(CSC1=Nc2ccccc2C2=NC(CC(=O)NCCc3ccccc3)C(=O)N12)NCc1ccco1. The molecule has 0 fully saturated rings. The van der Waals surface area contributed by atoms with Crippen molar-refractivity contribution >= 4 is 46.2 Å². The predicted octanol–water partition coefficient (Wildman–Crippen LogP) is 3.04. The van der Waals surface area contributed by atoms with Gasteiger partial charge < -0.3 is 15.1 Å². The maximum Gasteiger partial charge on any atom is 0.259 e. The van der Waals surface area contributed by atoms with Gasteiger partial charge in [0.25, 0.3) is 5.91 Å². The Hall–Kier alpha value is -4.18. The van der Waals surface area contributed by atoms with Crippen LogP contribution in [0.5, 0.6) is 0 Å². The first-order valence-corrected chi connectivity index (χ1v) is 12.9. The minimum atomic E-state index is -0.850. The van der Waals surface area contributed by atoms with E-state index in [1.807, 2.05) is 54.6 Å². The molecule has 1 unspecified atom stereocenters. The molecule has 188 valence electrons. The Morgan fingerprint density at radius 2 is 1.78 bits per heavy atom. The Balaban J connectivity index is 1.23. The molecule has 2 aliphatic heterocycles. The average Bonchev–Trinajstić information content (AvgIpc) is 3.55. The van der Waals surface area contributed by atoms with E-state index in [0.29, 0.717) is 35.4 Å². The number of nitrogens with zero attached hydrogens (tertiary/aromatic N) is 3. The van der Waals surface area contributed by atoms with Crippen LogP contribution in [0.1, 0.15) is 23.3 Å². The second kappa shape index (κ2) is 11.3. The third-order valence-electron chi connectivity index (χ3n) is 5.88. The van der Waals surface area contributed by atoms with Crippen molar-refractivity contribution in [3.63, 3.8) is 0 Å². The molecule has 37 heavy (non-hydrogen) atoms. The number of benzene rings is 2. The Morgan fingerprint density at radius 1 is 0.973 bits per heavy atom. The largest absolute Gasteiger partial charge is 0.467 e. The van der Waals surface area contributed by atoms with Gasteiger partial charge in [-0.05, 0) is 36.2 Å². The van der Waals surface area contributed by atoms with E-state index in [1.165, 1.54) is 4.90 Å². The third-order valence-corrected chi connectivity index (χ3v) is 6.82. The molecule has 0 aliphatic carbocycles. The number of carbonyl (C=O) groups excluding carboxylic acids is 3. The number of aliphatic imine (C=N–C) groups is 2. The van der Waals surface area contributed by atoms with Gasteiger partial charge in [-0.25, -0.2) is 9.89 Å². The summed E-state index contributed by atoms with van der Waals surface area (Å²) in [6, 6.07) is 19.9. The highest BCUT2D eigenvalue weighted by Crippen LogP contribution is 2.34. The first-order valence-electron chi connectivity index (χ1n) is 11.9. The lowest BCUT2D eigenvalue weighted by atomic mass is 10.1. The van der Waals surface area contributed by atoms with Crippen molar-refractivity contribution in [3.05, 3.63) is 89.9 Å². The number of thioether (sulfide) groups is 1. The monoisotopic (exact) mass is 515 g/mol. The van der Waals surface area contributed by atoms with Crippen molar-refractivity contribution < 1.29 is 18.8 Å². The zero-order chi connectivity index (χ0) is 25.6. The zero-order valence-corrected chi connectivity index (χ0v) is 20.7. The lowest BCUT2D eigenvalue weighted by Crippen LogP contribution is -2.42. The molecule has 2 aromatic carbocycles. The summed E-state index contributed by atoms with van der Waals surface area (Å²) in [6.45, 7) is 0.751. The number of hydrogen-bond acceptors (Lipinski definition) is 7. The van der Waals surface area contributed by atoms with Gasteiger partial charge in [-0.1, -0.05) is 54.2 Å². The van der Waals surface area contributed by atoms with E-state index in [9.17, 15) is 14.4 Å². The topological polar surface area (TPSA) is 116 Å². The highest BCUT2D eigenvalue weighted by atomic mass is 32.2. The fourth-order valence-electron chi connectivity index (χ4n) is 4.05. The number of fused-ring (bicyclic) bond motifs is 3. The number of rotatable bonds is 9. The van der Waals surface area contributed by atoms with Crippen LogP contribution in [0.15, 0.2) is 87.4 Å². The molecule has 3 amide bonds. The summed E-state index contributed by atoms with van der Waals surface area (Å²) in [5.74, 6) is 0.374. The van der Waals surface area contributed by atoms with Crippen LogP contribution in [0.25, 0.3) is 0 Å². The van der Waals surface area contributed by atoms with Crippen molar-refractivity contribution in [1.29, 1.82) is 0 Å². The number of carbonyl (C=O) groups is 3. The molecule has 2 N–H and O–H groups in total. The minimum Gasteiger partial charge on any atom is -0.467 e. The molecule has 1 aromatic heterocycles. The fraction of sp³-hybridized carbons (Fsp3) is 0.222. The minimum absolute atomic E-state index is 0.0582. The van der Waals surface area contributed by atoms with Crippen LogP contribution in [-0.2, 0) is 27.3 Å². The van der Waals surface area contributed by atoms with E-state index >= 15 is 0 Å². The predicted molar refractivity (Wildman–Crippen MR) is 141 cm³/mol. The van der Waals surface area contributed by atoms with Crippen LogP contribution in [0.2, 0.25) is 0 Å². The van der Waals surface area contributed by atoms with Crippen molar-refractivity contribution in [2.75, 3.05) is 12.3 Å². The second-order valence-electron chi connectivity index (χ2n) is 8.49.